The van der Waals surface area contributed by atoms with Crippen molar-refractivity contribution in [1.29, 1.82) is 0 Å². The average Bonchev–Trinajstić information content (AvgIpc) is 1.95. The number of benzene rings is 1. The lowest BCUT2D eigenvalue weighted by Gasteiger charge is -2.01. The average molecular weight is 277 g/mol. The van der Waals surface area contributed by atoms with Crippen LogP contribution in [-0.4, -0.2) is 10.2 Å². The zero-order chi connectivity index (χ0) is 8.27. The minimum atomic E-state index is -0.160. The van der Waals surface area contributed by atoms with Crippen molar-refractivity contribution in [3.05, 3.63) is 33.1 Å². The van der Waals surface area contributed by atoms with Gasteiger partial charge in [-0.2, -0.15) is 0 Å². The van der Waals surface area contributed by atoms with Crippen LogP contribution in [0.25, 0.3) is 0 Å². The Hall–Kier alpha value is 0.0969. The molecule has 0 bridgehead atoms. The van der Waals surface area contributed by atoms with E-state index in [1.165, 1.54) is 11.6 Å². The molecule has 0 aromatic heterocycles. The van der Waals surface area contributed by atoms with Crippen molar-refractivity contribution >= 4 is 32.8 Å². The highest BCUT2D eigenvalue weighted by Crippen LogP contribution is 2.14. The molecule has 57 valence electrons. The molecular formula is C8H7FISi. The maximum absolute atomic E-state index is 12.6. The molecule has 3 radical (unpaired) electrons. The number of aryl methyl sites for hydroxylation is 1. The second-order valence-electron chi connectivity index (χ2n) is 2.24. The Labute approximate surface area is 82.8 Å². The van der Waals surface area contributed by atoms with Crippen molar-refractivity contribution in [2.45, 2.75) is 12.5 Å². The molecule has 0 saturated carbocycles. The molecule has 1 aromatic carbocycles. The molecular weight excluding hydrogens is 270 g/mol. The molecule has 0 unspecified atom stereocenters. The van der Waals surface area contributed by atoms with Crippen LogP contribution < -0.4 is 0 Å². The van der Waals surface area contributed by atoms with Crippen molar-refractivity contribution in [3.63, 3.8) is 0 Å². The Balaban J connectivity index is 2.90. The van der Waals surface area contributed by atoms with E-state index in [1.807, 2.05) is 6.07 Å². The molecule has 0 nitrogen and oxygen atoms in total. The molecule has 0 N–H and O–H groups in total. The van der Waals surface area contributed by atoms with E-state index in [4.69, 9.17) is 0 Å². The summed E-state index contributed by atoms with van der Waals surface area (Å²) >= 11 is 2.15. The molecule has 0 aliphatic heterocycles. The summed E-state index contributed by atoms with van der Waals surface area (Å²) in [7, 11) is 3.39. The van der Waals surface area contributed by atoms with Gasteiger partial charge in [-0.25, -0.2) is 4.39 Å². The third-order valence-electron chi connectivity index (χ3n) is 1.41. The van der Waals surface area contributed by atoms with Crippen LogP contribution in [0.5, 0.6) is 0 Å². The predicted molar refractivity (Wildman–Crippen MR) is 53.4 cm³/mol. The third kappa shape index (κ3) is 2.55. The Morgan fingerprint density at radius 2 is 2.18 bits per heavy atom. The highest BCUT2D eigenvalue weighted by Gasteiger charge is 1.98. The smallest absolute Gasteiger partial charge is 0.124 e. The molecule has 0 amide bonds. The Bertz CT molecular complexity index is 250. The van der Waals surface area contributed by atoms with Crippen LogP contribution in [0.4, 0.5) is 4.39 Å². The third-order valence-corrected chi connectivity index (χ3v) is 2.66. The zero-order valence-corrected chi connectivity index (χ0v) is 9.06. The van der Waals surface area contributed by atoms with Gasteiger partial charge in [0.1, 0.15) is 5.82 Å². The fourth-order valence-corrected chi connectivity index (χ4v) is 1.88. The maximum atomic E-state index is 12.6. The van der Waals surface area contributed by atoms with Crippen molar-refractivity contribution in [1.82, 2.24) is 0 Å². The molecule has 0 saturated heterocycles. The molecule has 0 atom stereocenters. The summed E-state index contributed by atoms with van der Waals surface area (Å²) in [6.07, 6.45) is 0.954. The summed E-state index contributed by atoms with van der Waals surface area (Å²) in [5.74, 6) is -0.160. The van der Waals surface area contributed by atoms with Crippen LogP contribution in [0, 0.1) is 9.39 Å². The second kappa shape index (κ2) is 4.20. The topological polar surface area (TPSA) is 0 Å². The van der Waals surface area contributed by atoms with E-state index in [1.54, 1.807) is 6.07 Å². The molecule has 1 aromatic rings. The van der Waals surface area contributed by atoms with E-state index in [0.29, 0.717) is 0 Å². The lowest BCUT2D eigenvalue weighted by Crippen LogP contribution is -1.89. The highest BCUT2D eigenvalue weighted by molar-refractivity contribution is 14.1. The Morgan fingerprint density at radius 1 is 1.45 bits per heavy atom. The molecule has 0 aliphatic carbocycles. The van der Waals surface area contributed by atoms with Crippen molar-refractivity contribution in [3.8, 4) is 0 Å². The minimum Gasteiger partial charge on any atom is -0.207 e. The summed E-state index contributed by atoms with van der Waals surface area (Å²) in [4.78, 5) is 0. The Kier molecular flexibility index (Phi) is 3.51. The van der Waals surface area contributed by atoms with Gasteiger partial charge in [0.25, 0.3) is 0 Å². The van der Waals surface area contributed by atoms with E-state index >= 15 is 0 Å². The standard InChI is InChI=1S/C8H7FISi/c9-7-2-1-6(3-4-11)8(10)5-7/h1-2,5H,3-4H2. The zero-order valence-electron chi connectivity index (χ0n) is 5.90. The van der Waals surface area contributed by atoms with Crippen molar-refractivity contribution in [2.75, 3.05) is 0 Å². The molecule has 0 aliphatic rings. The maximum Gasteiger partial charge on any atom is 0.124 e. The molecule has 3 heteroatoms. The largest absolute Gasteiger partial charge is 0.207 e. The predicted octanol–water partition coefficient (Wildman–Crippen LogP) is 2.56. The number of hydrogen-bond donors (Lipinski definition) is 0. The number of hydrogen-bond acceptors (Lipinski definition) is 0. The lowest BCUT2D eigenvalue weighted by atomic mass is 10.2. The van der Waals surface area contributed by atoms with Gasteiger partial charge in [0.15, 0.2) is 0 Å². The van der Waals surface area contributed by atoms with E-state index in [9.17, 15) is 4.39 Å². The van der Waals surface area contributed by atoms with E-state index in [0.717, 1.165) is 16.0 Å². The van der Waals surface area contributed by atoms with Crippen LogP contribution >= 0.6 is 22.6 Å². The summed E-state index contributed by atoms with van der Waals surface area (Å²) in [6, 6.07) is 5.80. The first-order valence-corrected chi connectivity index (χ1v) is 5.11. The van der Waals surface area contributed by atoms with E-state index in [2.05, 4.69) is 32.8 Å². The van der Waals surface area contributed by atoms with Crippen LogP contribution in [0.2, 0.25) is 6.04 Å². The van der Waals surface area contributed by atoms with Gasteiger partial charge in [-0.05, 0) is 46.7 Å². The molecule has 0 fully saturated rings. The van der Waals surface area contributed by atoms with Crippen molar-refractivity contribution in [2.24, 2.45) is 0 Å². The van der Waals surface area contributed by atoms with Crippen LogP contribution in [0.1, 0.15) is 5.56 Å². The first-order chi connectivity index (χ1) is 5.24. The van der Waals surface area contributed by atoms with Crippen LogP contribution in [-0.2, 0) is 6.42 Å². The summed E-state index contributed by atoms with van der Waals surface area (Å²) in [5.41, 5.74) is 1.20. The quantitative estimate of drug-likeness (QED) is 0.575. The highest BCUT2D eigenvalue weighted by atomic mass is 127. The van der Waals surface area contributed by atoms with Gasteiger partial charge in [0.2, 0.25) is 0 Å². The van der Waals surface area contributed by atoms with Gasteiger partial charge in [-0.1, -0.05) is 12.1 Å². The van der Waals surface area contributed by atoms with Gasteiger partial charge in [0, 0.05) is 13.8 Å². The van der Waals surface area contributed by atoms with Gasteiger partial charge < -0.3 is 0 Å². The molecule has 0 spiro atoms. The van der Waals surface area contributed by atoms with Gasteiger partial charge >= 0.3 is 0 Å². The second-order valence-corrected chi connectivity index (χ2v) is 3.90. The summed E-state index contributed by atoms with van der Waals surface area (Å²) in [5, 5.41) is 0. The van der Waals surface area contributed by atoms with Gasteiger partial charge in [0.05, 0.1) is 0 Å². The van der Waals surface area contributed by atoms with Crippen LogP contribution in [0.15, 0.2) is 18.2 Å². The fourth-order valence-electron chi connectivity index (χ4n) is 0.859. The number of halogens is 2. The molecule has 0 heterocycles. The van der Waals surface area contributed by atoms with Crippen LogP contribution in [0.3, 0.4) is 0 Å². The monoisotopic (exact) mass is 277 g/mol. The molecule has 11 heavy (non-hydrogen) atoms. The first-order valence-electron chi connectivity index (χ1n) is 3.32. The molecule has 1 rings (SSSR count). The van der Waals surface area contributed by atoms with Gasteiger partial charge in [-0.3, -0.25) is 0 Å². The minimum absolute atomic E-state index is 0.160. The number of rotatable bonds is 2. The van der Waals surface area contributed by atoms with E-state index < -0.39 is 0 Å². The summed E-state index contributed by atoms with van der Waals surface area (Å²) in [6.45, 7) is 0. The van der Waals surface area contributed by atoms with E-state index in [-0.39, 0.29) is 5.82 Å². The SMILES string of the molecule is Fc1ccc(CC[Si])c(I)c1. The van der Waals surface area contributed by atoms with Gasteiger partial charge in [-0.15, -0.1) is 0 Å². The first kappa shape index (κ1) is 9.19. The normalized spacial score (nSPS) is 10.1. The fraction of sp³-hybridized carbons (Fsp3) is 0.250. The Morgan fingerprint density at radius 3 is 2.73 bits per heavy atom. The lowest BCUT2D eigenvalue weighted by molar-refractivity contribution is 0.626. The van der Waals surface area contributed by atoms with Crippen molar-refractivity contribution < 1.29 is 4.39 Å². The summed E-state index contributed by atoms with van der Waals surface area (Å²) < 4.78 is 13.6.